The van der Waals surface area contributed by atoms with Gasteiger partial charge in [-0.2, -0.15) is 0 Å². The van der Waals surface area contributed by atoms with Crippen LogP contribution in [-0.4, -0.2) is 13.1 Å². The van der Waals surface area contributed by atoms with E-state index in [-0.39, 0.29) is 17.7 Å². The van der Waals surface area contributed by atoms with Crippen LogP contribution >= 0.6 is 11.6 Å². The van der Waals surface area contributed by atoms with Crippen LogP contribution in [0.1, 0.15) is 11.1 Å². The molecule has 1 atom stereocenters. The molecule has 0 aliphatic heterocycles. The monoisotopic (exact) mass is 295 g/mol. The van der Waals surface area contributed by atoms with Gasteiger partial charge in [0.05, 0.1) is 0 Å². The SMILES string of the molecule is CNC(Cc1cccc(F)c1)Cc1c(F)cccc1Cl. The van der Waals surface area contributed by atoms with Gasteiger partial charge in [0, 0.05) is 16.6 Å². The normalized spacial score (nSPS) is 12.4. The Morgan fingerprint density at radius 3 is 2.50 bits per heavy atom. The first-order valence-electron chi connectivity index (χ1n) is 6.44. The Balaban J connectivity index is 2.13. The number of rotatable bonds is 5. The van der Waals surface area contributed by atoms with Crippen LogP contribution in [0.3, 0.4) is 0 Å². The second-order valence-corrected chi connectivity index (χ2v) is 5.13. The van der Waals surface area contributed by atoms with Crippen molar-refractivity contribution in [3.05, 3.63) is 70.2 Å². The largest absolute Gasteiger partial charge is 0.316 e. The van der Waals surface area contributed by atoms with Gasteiger partial charge < -0.3 is 5.32 Å². The van der Waals surface area contributed by atoms with E-state index < -0.39 is 0 Å². The van der Waals surface area contributed by atoms with Gasteiger partial charge in [-0.05, 0) is 49.7 Å². The minimum absolute atomic E-state index is 0.00815. The van der Waals surface area contributed by atoms with Crippen molar-refractivity contribution in [2.45, 2.75) is 18.9 Å². The Morgan fingerprint density at radius 1 is 1.10 bits per heavy atom. The molecule has 106 valence electrons. The van der Waals surface area contributed by atoms with Crippen molar-refractivity contribution in [1.29, 1.82) is 0 Å². The van der Waals surface area contributed by atoms with Gasteiger partial charge in [0.15, 0.2) is 0 Å². The van der Waals surface area contributed by atoms with Crippen LogP contribution in [0.2, 0.25) is 5.02 Å². The maximum Gasteiger partial charge on any atom is 0.127 e. The molecule has 0 heterocycles. The molecule has 0 bridgehead atoms. The molecule has 1 unspecified atom stereocenters. The molecule has 0 saturated carbocycles. The van der Waals surface area contributed by atoms with Crippen LogP contribution in [-0.2, 0) is 12.8 Å². The van der Waals surface area contributed by atoms with E-state index >= 15 is 0 Å². The van der Waals surface area contributed by atoms with Crippen LogP contribution in [0.15, 0.2) is 42.5 Å². The predicted molar refractivity (Wildman–Crippen MR) is 78.1 cm³/mol. The van der Waals surface area contributed by atoms with E-state index in [2.05, 4.69) is 5.32 Å². The zero-order valence-corrected chi connectivity index (χ0v) is 11.9. The zero-order chi connectivity index (χ0) is 14.5. The fraction of sp³-hybridized carbons (Fsp3) is 0.250. The molecule has 20 heavy (non-hydrogen) atoms. The number of halogens is 3. The summed E-state index contributed by atoms with van der Waals surface area (Å²) >= 11 is 6.03. The Hall–Kier alpha value is -1.45. The lowest BCUT2D eigenvalue weighted by atomic mass is 9.98. The molecular weight excluding hydrogens is 280 g/mol. The molecule has 0 aliphatic carbocycles. The third kappa shape index (κ3) is 3.78. The Labute approximate surface area is 122 Å². The molecule has 0 aromatic heterocycles. The van der Waals surface area contributed by atoms with Crippen molar-refractivity contribution >= 4 is 11.6 Å². The highest BCUT2D eigenvalue weighted by atomic mass is 35.5. The first-order valence-corrected chi connectivity index (χ1v) is 6.82. The topological polar surface area (TPSA) is 12.0 Å². The minimum Gasteiger partial charge on any atom is -0.316 e. The standard InChI is InChI=1S/C16H16ClF2N/c1-20-13(9-11-4-2-5-12(18)8-11)10-14-15(17)6-3-7-16(14)19/h2-8,13,20H,9-10H2,1H3. The van der Waals surface area contributed by atoms with E-state index in [1.807, 2.05) is 6.07 Å². The Morgan fingerprint density at radius 2 is 1.85 bits per heavy atom. The zero-order valence-electron chi connectivity index (χ0n) is 11.2. The fourth-order valence-electron chi connectivity index (χ4n) is 2.20. The van der Waals surface area contributed by atoms with Crippen LogP contribution in [0, 0.1) is 11.6 Å². The van der Waals surface area contributed by atoms with Crippen molar-refractivity contribution in [3.8, 4) is 0 Å². The van der Waals surface area contributed by atoms with Gasteiger partial charge in [-0.1, -0.05) is 29.8 Å². The van der Waals surface area contributed by atoms with Crippen molar-refractivity contribution in [2.75, 3.05) is 7.05 Å². The minimum atomic E-state index is -0.308. The van der Waals surface area contributed by atoms with Crippen LogP contribution < -0.4 is 5.32 Å². The van der Waals surface area contributed by atoms with E-state index in [1.54, 1.807) is 25.2 Å². The molecule has 0 saturated heterocycles. The van der Waals surface area contributed by atoms with Gasteiger partial charge >= 0.3 is 0 Å². The van der Waals surface area contributed by atoms with Gasteiger partial charge in [0.1, 0.15) is 11.6 Å². The second kappa shape index (κ2) is 6.82. The summed E-state index contributed by atoms with van der Waals surface area (Å²) in [5.74, 6) is -0.571. The van der Waals surface area contributed by atoms with Crippen molar-refractivity contribution in [3.63, 3.8) is 0 Å². The predicted octanol–water partition coefficient (Wildman–Crippen LogP) is 3.99. The summed E-state index contributed by atoms with van der Waals surface area (Å²) < 4.78 is 27.0. The molecule has 0 radical (unpaired) electrons. The second-order valence-electron chi connectivity index (χ2n) is 4.72. The molecule has 2 aromatic rings. The first-order chi connectivity index (χ1) is 9.60. The van der Waals surface area contributed by atoms with Crippen molar-refractivity contribution in [1.82, 2.24) is 5.32 Å². The molecule has 2 rings (SSSR count). The summed E-state index contributed by atoms with van der Waals surface area (Å²) in [7, 11) is 1.80. The highest BCUT2D eigenvalue weighted by Crippen LogP contribution is 2.21. The summed E-state index contributed by atoms with van der Waals surface area (Å²) in [6, 6.07) is 11.1. The summed E-state index contributed by atoms with van der Waals surface area (Å²) in [6.07, 6.45) is 1.07. The lowest BCUT2D eigenvalue weighted by Crippen LogP contribution is -2.30. The van der Waals surface area contributed by atoms with Gasteiger partial charge in [0.25, 0.3) is 0 Å². The van der Waals surface area contributed by atoms with Crippen molar-refractivity contribution in [2.24, 2.45) is 0 Å². The quantitative estimate of drug-likeness (QED) is 0.879. The van der Waals surface area contributed by atoms with E-state index in [4.69, 9.17) is 11.6 Å². The molecular formula is C16H16ClF2N. The molecule has 1 nitrogen and oxygen atoms in total. The van der Waals surface area contributed by atoms with Crippen molar-refractivity contribution < 1.29 is 8.78 Å². The lowest BCUT2D eigenvalue weighted by molar-refractivity contribution is 0.530. The summed E-state index contributed by atoms with van der Waals surface area (Å²) in [6.45, 7) is 0. The number of likely N-dealkylation sites (N-methyl/N-ethyl adjacent to an activating group) is 1. The number of benzene rings is 2. The molecule has 0 amide bonds. The van der Waals surface area contributed by atoms with E-state index in [1.165, 1.54) is 18.2 Å². The summed E-state index contributed by atoms with van der Waals surface area (Å²) in [4.78, 5) is 0. The molecule has 0 fully saturated rings. The lowest BCUT2D eigenvalue weighted by Gasteiger charge is -2.17. The summed E-state index contributed by atoms with van der Waals surface area (Å²) in [5, 5.41) is 3.55. The van der Waals surface area contributed by atoms with Crippen LogP contribution in [0.4, 0.5) is 8.78 Å². The summed E-state index contributed by atoms with van der Waals surface area (Å²) in [5.41, 5.74) is 1.36. The van der Waals surface area contributed by atoms with E-state index in [9.17, 15) is 8.78 Å². The van der Waals surface area contributed by atoms with Gasteiger partial charge in [-0.25, -0.2) is 8.78 Å². The highest BCUT2D eigenvalue weighted by Gasteiger charge is 2.14. The molecule has 2 aromatic carbocycles. The van der Waals surface area contributed by atoms with Gasteiger partial charge in [0.2, 0.25) is 0 Å². The first kappa shape index (κ1) is 14.9. The van der Waals surface area contributed by atoms with Gasteiger partial charge in [-0.15, -0.1) is 0 Å². The van der Waals surface area contributed by atoms with E-state index in [0.717, 1.165) is 5.56 Å². The molecule has 4 heteroatoms. The fourth-order valence-corrected chi connectivity index (χ4v) is 2.44. The number of nitrogens with one attached hydrogen (secondary N) is 1. The third-order valence-corrected chi connectivity index (χ3v) is 3.65. The van der Waals surface area contributed by atoms with Gasteiger partial charge in [-0.3, -0.25) is 0 Å². The van der Waals surface area contributed by atoms with E-state index in [0.29, 0.717) is 23.4 Å². The maximum atomic E-state index is 13.8. The Bertz CT molecular complexity index is 566. The average molecular weight is 296 g/mol. The van der Waals surface area contributed by atoms with Crippen LogP contribution in [0.25, 0.3) is 0 Å². The smallest absolute Gasteiger partial charge is 0.127 e. The number of hydrogen-bond acceptors (Lipinski definition) is 1. The maximum absolute atomic E-state index is 13.8. The third-order valence-electron chi connectivity index (χ3n) is 3.29. The number of hydrogen-bond donors (Lipinski definition) is 1. The average Bonchev–Trinajstić information content (AvgIpc) is 2.42. The van der Waals surface area contributed by atoms with Crippen LogP contribution in [0.5, 0.6) is 0 Å². The Kier molecular flexibility index (Phi) is 5.10. The highest BCUT2D eigenvalue weighted by molar-refractivity contribution is 6.31. The molecule has 0 aliphatic rings. The molecule has 1 N–H and O–H groups in total. The molecule has 0 spiro atoms.